The molecule has 1 aliphatic carbocycles. The second-order valence-corrected chi connectivity index (χ2v) is 5.88. The lowest BCUT2D eigenvalue weighted by atomic mass is 9.76. The van der Waals surface area contributed by atoms with Gasteiger partial charge in [-0.3, -0.25) is 4.79 Å². The highest BCUT2D eigenvalue weighted by atomic mass is 16.1. The lowest BCUT2D eigenvalue weighted by Gasteiger charge is -2.30. The number of carbonyl (C=O) groups excluding carboxylic acids is 1. The Morgan fingerprint density at radius 1 is 1.26 bits per heavy atom. The lowest BCUT2D eigenvalue weighted by molar-refractivity contribution is -0.115. The highest BCUT2D eigenvalue weighted by Crippen LogP contribution is 2.37. The van der Waals surface area contributed by atoms with Crippen molar-refractivity contribution in [3.63, 3.8) is 0 Å². The van der Waals surface area contributed by atoms with Crippen molar-refractivity contribution in [2.45, 2.75) is 44.4 Å². The maximum Gasteiger partial charge on any atom is 0.228 e. The molecule has 1 aromatic rings. The van der Waals surface area contributed by atoms with E-state index >= 15 is 0 Å². The predicted molar refractivity (Wildman–Crippen MR) is 77.1 cm³/mol. The second-order valence-electron chi connectivity index (χ2n) is 5.88. The molecule has 102 valence electrons. The van der Waals surface area contributed by atoms with Crippen LogP contribution in [0.1, 0.15) is 49.1 Å². The second kappa shape index (κ2) is 5.33. The Hall–Kier alpha value is -1.35. The van der Waals surface area contributed by atoms with Gasteiger partial charge >= 0.3 is 0 Å². The molecule has 0 bridgehead atoms. The molecule has 3 heteroatoms. The van der Waals surface area contributed by atoms with E-state index in [4.69, 9.17) is 5.73 Å². The summed E-state index contributed by atoms with van der Waals surface area (Å²) in [6.45, 7) is 0.713. The van der Waals surface area contributed by atoms with Gasteiger partial charge in [0, 0.05) is 5.69 Å². The number of fused-ring (bicyclic) bond motifs is 1. The zero-order valence-corrected chi connectivity index (χ0v) is 11.3. The maximum absolute atomic E-state index is 11.4. The first kappa shape index (κ1) is 12.7. The number of nitrogens with two attached hydrogens (primary N) is 1. The fourth-order valence-electron chi connectivity index (χ4n) is 3.62. The van der Waals surface area contributed by atoms with Crippen LogP contribution < -0.4 is 11.1 Å². The van der Waals surface area contributed by atoms with Crippen molar-refractivity contribution >= 4 is 11.6 Å². The minimum absolute atomic E-state index is 0.106. The van der Waals surface area contributed by atoms with Gasteiger partial charge in [0.05, 0.1) is 6.42 Å². The highest BCUT2D eigenvalue weighted by molar-refractivity contribution is 5.99. The van der Waals surface area contributed by atoms with Crippen molar-refractivity contribution in [2.24, 2.45) is 11.7 Å². The third-order valence-corrected chi connectivity index (χ3v) is 4.66. The molecule has 0 saturated heterocycles. The summed E-state index contributed by atoms with van der Waals surface area (Å²) in [4.78, 5) is 11.4. The molecular formula is C16H22N2O. The smallest absolute Gasteiger partial charge is 0.228 e. The first-order chi connectivity index (χ1) is 9.28. The summed E-state index contributed by atoms with van der Waals surface area (Å²) in [5.41, 5.74) is 9.46. The lowest BCUT2D eigenvalue weighted by Crippen LogP contribution is -2.23. The number of amides is 1. The Morgan fingerprint density at radius 3 is 2.79 bits per heavy atom. The van der Waals surface area contributed by atoms with E-state index in [0.717, 1.165) is 17.2 Å². The number of rotatable bonds is 3. The molecule has 1 fully saturated rings. The highest BCUT2D eigenvalue weighted by Gasteiger charge is 2.26. The fraction of sp³-hybridized carbons (Fsp3) is 0.562. The Labute approximate surface area is 114 Å². The fourth-order valence-corrected chi connectivity index (χ4v) is 3.62. The average Bonchev–Trinajstić information content (AvgIpc) is 2.80. The summed E-state index contributed by atoms with van der Waals surface area (Å²) in [7, 11) is 0. The molecule has 1 atom stereocenters. The van der Waals surface area contributed by atoms with Gasteiger partial charge in [-0.05, 0) is 48.4 Å². The van der Waals surface area contributed by atoms with Crippen molar-refractivity contribution in [1.29, 1.82) is 0 Å². The monoisotopic (exact) mass is 258 g/mol. The summed E-state index contributed by atoms with van der Waals surface area (Å²) in [6.07, 6.45) is 7.17. The van der Waals surface area contributed by atoms with Gasteiger partial charge in [0.25, 0.3) is 0 Å². The zero-order valence-electron chi connectivity index (χ0n) is 11.3. The largest absolute Gasteiger partial charge is 0.330 e. The van der Waals surface area contributed by atoms with Gasteiger partial charge in [0.1, 0.15) is 0 Å². The standard InChI is InChI=1S/C16H22N2O/c17-10-14(11-4-2-1-3-5-11)12-6-7-15-13(8-12)9-16(19)18-15/h6-8,11,14H,1-5,9-10,17H2,(H,18,19). The molecule has 1 heterocycles. The van der Waals surface area contributed by atoms with Crippen molar-refractivity contribution in [1.82, 2.24) is 0 Å². The molecule has 1 aromatic carbocycles. The summed E-state index contributed by atoms with van der Waals surface area (Å²) in [6, 6.07) is 6.39. The number of carbonyl (C=O) groups is 1. The zero-order chi connectivity index (χ0) is 13.2. The van der Waals surface area contributed by atoms with Crippen LogP contribution in [-0.2, 0) is 11.2 Å². The normalized spacial score (nSPS) is 21.0. The van der Waals surface area contributed by atoms with Crippen LogP contribution in [0.3, 0.4) is 0 Å². The summed E-state index contributed by atoms with van der Waals surface area (Å²) >= 11 is 0. The van der Waals surface area contributed by atoms with Gasteiger partial charge in [-0.15, -0.1) is 0 Å². The van der Waals surface area contributed by atoms with Crippen LogP contribution in [0, 0.1) is 5.92 Å². The van der Waals surface area contributed by atoms with E-state index in [1.807, 2.05) is 6.07 Å². The maximum atomic E-state index is 11.4. The molecule has 0 spiro atoms. The third-order valence-electron chi connectivity index (χ3n) is 4.66. The van der Waals surface area contributed by atoms with E-state index in [1.165, 1.54) is 37.7 Å². The van der Waals surface area contributed by atoms with Gasteiger partial charge in [0.2, 0.25) is 5.91 Å². The number of nitrogens with one attached hydrogen (secondary N) is 1. The summed E-state index contributed by atoms with van der Waals surface area (Å²) < 4.78 is 0. The molecule has 3 N–H and O–H groups in total. The van der Waals surface area contributed by atoms with Crippen LogP contribution in [0.2, 0.25) is 0 Å². The van der Waals surface area contributed by atoms with Crippen molar-refractivity contribution in [2.75, 3.05) is 11.9 Å². The SMILES string of the molecule is NCC(c1ccc2c(c1)CC(=O)N2)C1CCCCC1. The van der Waals surface area contributed by atoms with Crippen molar-refractivity contribution in [3.05, 3.63) is 29.3 Å². The molecule has 19 heavy (non-hydrogen) atoms. The van der Waals surface area contributed by atoms with Crippen LogP contribution >= 0.6 is 0 Å². The van der Waals surface area contributed by atoms with E-state index in [9.17, 15) is 4.79 Å². The van der Waals surface area contributed by atoms with E-state index in [2.05, 4.69) is 17.4 Å². The Kier molecular flexibility index (Phi) is 3.56. The van der Waals surface area contributed by atoms with Gasteiger partial charge < -0.3 is 11.1 Å². The number of hydrogen-bond donors (Lipinski definition) is 2. The third kappa shape index (κ3) is 2.52. The van der Waals surface area contributed by atoms with Gasteiger partial charge in [-0.1, -0.05) is 31.4 Å². The van der Waals surface area contributed by atoms with Gasteiger partial charge in [0.15, 0.2) is 0 Å². The van der Waals surface area contributed by atoms with Crippen molar-refractivity contribution in [3.8, 4) is 0 Å². The predicted octanol–water partition coefficient (Wildman–Crippen LogP) is 2.80. The van der Waals surface area contributed by atoms with Crippen LogP contribution in [-0.4, -0.2) is 12.5 Å². The van der Waals surface area contributed by atoms with Gasteiger partial charge in [-0.2, -0.15) is 0 Å². The average molecular weight is 258 g/mol. The minimum Gasteiger partial charge on any atom is -0.330 e. The topological polar surface area (TPSA) is 55.1 Å². The summed E-state index contributed by atoms with van der Waals surface area (Å²) in [5, 5.41) is 2.89. The molecule has 2 aliphatic rings. The molecule has 1 saturated carbocycles. The number of hydrogen-bond acceptors (Lipinski definition) is 2. The molecule has 3 rings (SSSR count). The quantitative estimate of drug-likeness (QED) is 0.876. The molecular weight excluding hydrogens is 236 g/mol. The van der Waals surface area contributed by atoms with E-state index in [-0.39, 0.29) is 5.91 Å². The molecule has 0 radical (unpaired) electrons. The van der Waals surface area contributed by atoms with Crippen molar-refractivity contribution < 1.29 is 4.79 Å². The Bertz CT molecular complexity index is 478. The van der Waals surface area contributed by atoms with Gasteiger partial charge in [-0.25, -0.2) is 0 Å². The molecule has 0 aromatic heterocycles. The molecule has 3 nitrogen and oxygen atoms in total. The molecule has 1 aliphatic heterocycles. The number of anilines is 1. The minimum atomic E-state index is 0.106. The first-order valence-corrected chi connectivity index (χ1v) is 7.40. The van der Waals surface area contributed by atoms with E-state index in [1.54, 1.807) is 0 Å². The molecule has 1 amide bonds. The molecule has 1 unspecified atom stereocenters. The first-order valence-electron chi connectivity index (χ1n) is 7.40. The van der Waals surface area contributed by atoms with Crippen LogP contribution in [0.15, 0.2) is 18.2 Å². The Morgan fingerprint density at radius 2 is 2.05 bits per heavy atom. The van der Waals surface area contributed by atoms with E-state index in [0.29, 0.717) is 18.9 Å². The van der Waals surface area contributed by atoms with Crippen LogP contribution in [0.25, 0.3) is 0 Å². The number of benzene rings is 1. The van der Waals surface area contributed by atoms with Crippen LogP contribution in [0.5, 0.6) is 0 Å². The van der Waals surface area contributed by atoms with Crippen LogP contribution in [0.4, 0.5) is 5.69 Å². The summed E-state index contributed by atoms with van der Waals surface area (Å²) in [5.74, 6) is 1.29. The van der Waals surface area contributed by atoms with E-state index < -0.39 is 0 Å². The Balaban J connectivity index is 1.83.